The van der Waals surface area contributed by atoms with Crippen LogP contribution in [0.4, 0.5) is 5.82 Å². The lowest BCUT2D eigenvalue weighted by atomic mass is 10.0. The van der Waals surface area contributed by atoms with Gasteiger partial charge < -0.3 is 9.64 Å². The molecule has 2 aliphatic heterocycles. The monoisotopic (exact) mass is 435 g/mol. The summed E-state index contributed by atoms with van der Waals surface area (Å²) in [6.45, 7) is 3.69. The van der Waals surface area contributed by atoms with Gasteiger partial charge in [-0.2, -0.15) is 4.98 Å². The maximum Gasteiger partial charge on any atom is 0.237 e. The smallest absolute Gasteiger partial charge is 0.237 e. The number of aromatic nitrogens is 8. The minimum absolute atomic E-state index is 0.0991. The molecule has 6 rings (SSSR count). The summed E-state index contributed by atoms with van der Waals surface area (Å²) in [4.78, 5) is 21.0. The Morgan fingerprint density at radius 1 is 1.13 bits per heavy atom. The molecule has 1 saturated heterocycles. The molecule has 4 aromatic rings. The van der Waals surface area contributed by atoms with Crippen molar-refractivity contribution in [1.29, 1.82) is 0 Å². The van der Waals surface area contributed by atoms with Gasteiger partial charge in [0.2, 0.25) is 5.95 Å². The van der Waals surface area contributed by atoms with Gasteiger partial charge in [0.25, 0.3) is 0 Å². The number of rotatable bonds is 4. The van der Waals surface area contributed by atoms with Gasteiger partial charge in [0.05, 0.1) is 12.2 Å². The van der Waals surface area contributed by atoms with E-state index in [1.165, 1.54) is 0 Å². The van der Waals surface area contributed by atoms with Crippen LogP contribution in [0.2, 0.25) is 0 Å². The highest BCUT2D eigenvalue weighted by atomic mass is 32.1. The van der Waals surface area contributed by atoms with Gasteiger partial charge in [-0.1, -0.05) is 6.92 Å². The largest absolute Gasteiger partial charge is 0.381 e. The number of thiazole rings is 1. The summed E-state index contributed by atoms with van der Waals surface area (Å²) in [5.41, 5.74) is 0.899. The van der Waals surface area contributed by atoms with E-state index in [2.05, 4.69) is 37.0 Å². The van der Waals surface area contributed by atoms with Crippen molar-refractivity contribution in [3.05, 3.63) is 42.3 Å². The van der Waals surface area contributed by atoms with E-state index in [1.54, 1.807) is 30.1 Å². The molecule has 0 aliphatic carbocycles. The Morgan fingerprint density at radius 2 is 2.03 bits per heavy atom. The predicted molar refractivity (Wildman–Crippen MR) is 115 cm³/mol. The number of imidazole rings is 1. The third kappa shape index (κ3) is 2.95. The van der Waals surface area contributed by atoms with Crippen molar-refractivity contribution >= 4 is 17.2 Å². The molecule has 0 aromatic carbocycles. The van der Waals surface area contributed by atoms with Crippen LogP contribution >= 0.6 is 11.3 Å². The standard InChI is InChI=1S/C20H21N9OS/c1-2-14-17-26-24-12-28(17)15-11-23-20(25-16(15)29(14)13-3-8-30-9-4-13)27-7-5-21-18(27)19-22-6-10-31-19/h5-7,10-14H,2-4,8-9H2,1H3/t14-/m1/s1. The van der Waals surface area contributed by atoms with E-state index in [4.69, 9.17) is 9.72 Å². The number of anilines is 1. The van der Waals surface area contributed by atoms with Crippen molar-refractivity contribution in [2.75, 3.05) is 18.1 Å². The van der Waals surface area contributed by atoms with E-state index in [0.29, 0.717) is 12.0 Å². The van der Waals surface area contributed by atoms with E-state index >= 15 is 0 Å². The zero-order chi connectivity index (χ0) is 20.8. The van der Waals surface area contributed by atoms with Crippen LogP contribution in [0.25, 0.3) is 22.5 Å². The molecule has 11 heteroatoms. The maximum absolute atomic E-state index is 5.63. The second-order valence-electron chi connectivity index (χ2n) is 7.57. The molecule has 4 aromatic heterocycles. The number of fused-ring (bicyclic) bond motifs is 3. The Labute approximate surface area is 182 Å². The lowest BCUT2D eigenvalue weighted by Gasteiger charge is -2.43. The number of hydrogen-bond donors (Lipinski definition) is 0. The first-order chi connectivity index (χ1) is 15.3. The summed E-state index contributed by atoms with van der Waals surface area (Å²) in [5, 5.41) is 11.4. The van der Waals surface area contributed by atoms with Crippen LogP contribution in [0.3, 0.4) is 0 Å². The van der Waals surface area contributed by atoms with Gasteiger partial charge in [0.15, 0.2) is 22.5 Å². The number of ether oxygens (including phenoxy) is 1. The second-order valence-corrected chi connectivity index (χ2v) is 8.47. The minimum Gasteiger partial charge on any atom is -0.381 e. The van der Waals surface area contributed by atoms with E-state index in [1.807, 2.05) is 26.9 Å². The molecule has 0 saturated carbocycles. The van der Waals surface area contributed by atoms with Crippen molar-refractivity contribution in [3.8, 4) is 22.5 Å². The van der Waals surface area contributed by atoms with Crippen molar-refractivity contribution in [2.24, 2.45) is 0 Å². The summed E-state index contributed by atoms with van der Waals surface area (Å²) in [7, 11) is 0. The lowest BCUT2D eigenvalue weighted by Crippen LogP contribution is -2.45. The molecule has 2 aliphatic rings. The molecule has 6 heterocycles. The first kappa shape index (κ1) is 18.6. The van der Waals surface area contributed by atoms with Crippen molar-refractivity contribution in [1.82, 2.24) is 39.3 Å². The van der Waals surface area contributed by atoms with Gasteiger partial charge in [0.1, 0.15) is 12.0 Å². The van der Waals surface area contributed by atoms with E-state index in [-0.39, 0.29) is 6.04 Å². The molecule has 158 valence electrons. The second kappa shape index (κ2) is 7.50. The van der Waals surface area contributed by atoms with Crippen LogP contribution in [-0.2, 0) is 4.74 Å². The zero-order valence-corrected chi connectivity index (χ0v) is 17.8. The molecule has 0 N–H and O–H groups in total. The van der Waals surface area contributed by atoms with Crippen molar-refractivity contribution in [2.45, 2.75) is 38.3 Å². The van der Waals surface area contributed by atoms with Crippen LogP contribution < -0.4 is 4.90 Å². The molecule has 0 spiro atoms. The molecule has 31 heavy (non-hydrogen) atoms. The molecule has 0 unspecified atom stereocenters. The Morgan fingerprint density at radius 3 is 2.84 bits per heavy atom. The quantitative estimate of drug-likeness (QED) is 0.482. The fourth-order valence-corrected chi connectivity index (χ4v) is 5.12. The molecule has 1 fully saturated rings. The molecular weight excluding hydrogens is 414 g/mol. The summed E-state index contributed by atoms with van der Waals surface area (Å²) in [6.07, 6.45) is 11.8. The van der Waals surface area contributed by atoms with Crippen molar-refractivity contribution < 1.29 is 4.74 Å². The number of nitrogens with zero attached hydrogens (tertiary/aromatic N) is 9. The third-order valence-electron chi connectivity index (χ3n) is 5.90. The Bertz CT molecular complexity index is 1200. The third-order valence-corrected chi connectivity index (χ3v) is 6.67. The van der Waals surface area contributed by atoms with Crippen LogP contribution in [0.1, 0.15) is 38.1 Å². The van der Waals surface area contributed by atoms with Crippen LogP contribution in [0, 0.1) is 0 Å². The highest BCUT2D eigenvalue weighted by Gasteiger charge is 2.38. The molecular formula is C20H21N9OS. The van der Waals surface area contributed by atoms with Crippen LogP contribution in [0.5, 0.6) is 0 Å². The van der Waals surface area contributed by atoms with Crippen molar-refractivity contribution in [3.63, 3.8) is 0 Å². The molecule has 0 radical (unpaired) electrons. The normalized spacial score (nSPS) is 18.7. The Kier molecular flexibility index (Phi) is 4.50. The lowest BCUT2D eigenvalue weighted by molar-refractivity contribution is 0.0817. The summed E-state index contributed by atoms with van der Waals surface area (Å²) in [5.74, 6) is 3.14. The maximum atomic E-state index is 5.63. The van der Waals surface area contributed by atoms with Gasteiger partial charge in [0, 0.05) is 43.2 Å². The van der Waals surface area contributed by atoms with E-state index < -0.39 is 0 Å². The molecule has 1 atom stereocenters. The van der Waals surface area contributed by atoms with Gasteiger partial charge in [-0.25, -0.2) is 15.0 Å². The Hall–Kier alpha value is -3.18. The summed E-state index contributed by atoms with van der Waals surface area (Å²) < 4.78 is 9.54. The van der Waals surface area contributed by atoms with Gasteiger partial charge in [-0.3, -0.25) is 9.13 Å². The summed E-state index contributed by atoms with van der Waals surface area (Å²) >= 11 is 1.54. The predicted octanol–water partition coefficient (Wildman–Crippen LogP) is 2.82. The van der Waals surface area contributed by atoms with Gasteiger partial charge in [-0.05, 0) is 19.3 Å². The summed E-state index contributed by atoms with van der Waals surface area (Å²) in [6, 6.07) is 0.425. The van der Waals surface area contributed by atoms with Crippen LogP contribution in [0.15, 0.2) is 36.5 Å². The molecule has 10 nitrogen and oxygen atoms in total. The van der Waals surface area contributed by atoms with Gasteiger partial charge >= 0.3 is 0 Å². The average Bonchev–Trinajstić information content (AvgIpc) is 3.59. The fourth-order valence-electron chi connectivity index (χ4n) is 4.49. The fraction of sp³-hybridized carbons (Fsp3) is 0.400. The molecule has 0 amide bonds. The average molecular weight is 436 g/mol. The van der Waals surface area contributed by atoms with Gasteiger partial charge in [-0.15, -0.1) is 21.5 Å². The van der Waals surface area contributed by atoms with E-state index in [0.717, 1.165) is 60.6 Å². The van der Waals surface area contributed by atoms with Crippen LogP contribution in [-0.4, -0.2) is 58.5 Å². The zero-order valence-electron chi connectivity index (χ0n) is 17.0. The SMILES string of the molecule is CC[C@@H]1c2nncn2-c2cnc(-n3ccnc3-c3nccs3)nc2N1C1CCOCC1. The molecule has 0 bridgehead atoms. The Balaban J connectivity index is 1.51. The topological polar surface area (TPSA) is 99.7 Å². The number of hydrogen-bond acceptors (Lipinski definition) is 9. The first-order valence-corrected chi connectivity index (χ1v) is 11.3. The minimum atomic E-state index is 0.0991. The highest BCUT2D eigenvalue weighted by Crippen LogP contribution is 2.41. The highest BCUT2D eigenvalue weighted by molar-refractivity contribution is 7.13. The van der Waals surface area contributed by atoms with E-state index in [9.17, 15) is 0 Å². The first-order valence-electron chi connectivity index (χ1n) is 10.4.